The number of hydrogen-bond acceptors (Lipinski definition) is 4. The third-order valence-electron chi connectivity index (χ3n) is 3.11. The Labute approximate surface area is 122 Å². The van der Waals surface area contributed by atoms with E-state index in [1.807, 2.05) is 0 Å². The molecule has 0 spiro atoms. The van der Waals surface area contributed by atoms with Crippen molar-refractivity contribution in [2.45, 2.75) is 6.04 Å². The number of ether oxygens (including phenoxy) is 1. The van der Waals surface area contributed by atoms with Crippen molar-refractivity contribution in [3.8, 4) is 5.75 Å². The fourth-order valence-corrected chi connectivity index (χ4v) is 2.86. The summed E-state index contributed by atoms with van der Waals surface area (Å²) in [6.45, 7) is 1.79. The van der Waals surface area contributed by atoms with E-state index in [9.17, 15) is 9.18 Å². The Morgan fingerprint density at radius 1 is 1.50 bits per heavy atom. The van der Waals surface area contributed by atoms with Gasteiger partial charge in [-0.25, -0.2) is 4.39 Å². The number of nitrogens with zero attached hydrogens (tertiary/aromatic N) is 1. The lowest BCUT2D eigenvalue weighted by atomic mass is 10.3. The van der Waals surface area contributed by atoms with Crippen LogP contribution in [0.25, 0.3) is 0 Å². The van der Waals surface area contributed by atoms with Gasteiger partial charge in [-0.1, -0.05) is 0 Å². The standard InChI is InChI=1S/C14H19FN2O2S/c1-17(14(18)13-10-20-9-6-16-13)7-8-19-12-4-2-11(15)3-5-12/h2-5,13,16H,6-10H2,1H3. The summed E-state index contributed by atoms with van der Waals surface area (Å²) in [6.07, 6.45) is 0. The molecule has 0 aromatic heterocycles. The summed E-state index contributed by atoms with van der Waals surface area (Å²) in [6, 6.07) is 5.78. The molecule has 1 saturated heterocycles. The largest absolute Gasteiger partial charge is 0.492 e. The molecule has 2 rings (SSSR count). The topological polar surface area (TPSA) is 41.6 Å². The lowest BCUT2D eigenvalue weighted by molar-refractivity contribution is -0.131. The first-order chi connectivity index (χ1) is 9.66. The molecule has 1 unspecified atom stereocenters. The van der Waals surface area contributed by atoms with Crippen LogP contribution in [0.15, 0.2) is 24.3 Å². The Bertz CT molecular complexity index is 435. The quantitative estimate of drug-likeness (QED) is 0.891. The molecular formula is C14H19FN2O2S. The minimum Gasteiger partial charge on any atom is -0.492 e. The van der Waals surface area contributed by atoms with Crippen molar-refractivity contribution in [2.24, 2.45) is 0 Å². The number of amides is 1. The predicted molar refractivity (Wildman–Crippen MR) is 78.6 cm³/mol. The molecule has 1 atom stereocenters. The van der Waals surface area contributed by atoms with Crippen molar-refractivity contribution >= 4 is 17.7 Å². The van der Waals surface area contributed by atoms with E-state index in [4.69, 9.17) is 4.74 Å². The summed E-state index contributed by atoms with van der Waals surface area (Å²) in [5.74, 6) is 2.30. The molecule has 110 valence electrons. The van der Waals surface area contributed by atoms with Gasteiger partial charge in [0, 0.05) is 25.1 Å². The summed E-state index contributed by atoms with van der Waals surface area (Å²) < 4.78 is 18.2. The first-order valence-electron chi connectivity index (χ1n) is 6.61. The zero-order chi connectivity index (χ0) is 14.4. The first kappa shape index (κ1) is 15.1. The molecule has 20 heavy (non-hydrogen) atoms. The van der Waals surface area contributed by atoms with E-state index in [1.54, 1.807) is 35.8 Å². The molecular weight excluding hydrogens is 279 g/mol. The van der Waals surface area contributed by atoms with Crippen LogP contribution >= 0.6 is 11.8 Å². The smallest absolute Gasteiger partial charge is 0.240 e. The zero-order valence-corrected chi connectivity index (χ0v) is 12.3. The van der Waals surface area contributed by atoms with Crippen molar-refractivity contribution in [1.29, 1.82) is 0 Å². The highest BCUT2D eigenvalue weighted by atomic mass is 32.2. The van der Waals surface area contributed by atoms with E-state index in [0.717, 1.165) is 18.1 Å². The van der Waals surface area contributed by atoms with E-state index in [1.165, 1.54) is 12.1 Å². The van der Waals surface area contributed by atoms with Crippen LogP contribution in [0.2, 0.25) is 0 Å². The van der Waals surface area contributed by atoms with Gasteiger partial charge in [0.05, 0.1) is 12.6 Å². The molecule has 4 nitrogen and oxygen atoms in total. The Kier molecular flexibility index (Phi) is 5.67. The lowest BCUT2D eigenvalue weighted by Crippen LogP contribution is -2.50. The molecule has 1 aromatic rings. The van der Waals surface area contributed by atoms with E-state index < -0.39 is 0 Å². The number of carbonyl (C=O) groups is 1. The van der Waals surface area contributed by atoms with Crippen molar-refractivity contribution < 1.29 is 13.9 Å². The van der Waals surface area contributed by atoms with Gasteiger partial charge in [-0.15, -0.1) is 0 Å². The summed E-state index contributed by atoms with van der Waals surface area (Å²) in [7, 11) is 1.78. The molecule has 1 aromatic carbocycles. The minimum atomic E-state index is -0.287. The van der Waals surface area contributed by atoms with E-state index in [-0.39, 0.29) is 17.8 Å². The molecule has 1 N–H and O–H groups in total. The monoisotopic (exact) mass is 298 g/mol. The first-order valence-corrected chi connectivity index (χ1v) is 7.77. The number of rotatable bonds is 5. The van der Waals surface area contributed by atoms with Gasteiger partial charge in [-0.05, 0) is 24.3 Å². The third kappa shape index (κ3) is 4.38. The molecule has 1 heterocycles. The highest BCUT2D eigenvalue weighted by Gasteiger charge is 2.23. The van der Waals surface area contributed by atoms with Crippen molar-refractivity contribution in [3.63, 3.8) is 0 Å². The molecule has 0 radical (unpaired) electrons. The molecule has 1 aliphatic rings. The van der Waals surface area contributed by atoms with Gasteiger partial charge in [-0.3, -0.25) is 4.79 Å². The number of hydrogen-bond donors (Lipinski definition) is 1. The fraction of sp³-hybridized carbons (Fsp3) is 0.500. The number of nitrogens with one attached hydrogen (secondary N) is 1. The number of thioether (sulfide) groups is 1. The normalized spacial score (nSPS) is 18.6. The van der Waals surface area contributed by atoms with Crippen molar-refractivity contribution in [2.75, 3.05) is 38.2 Å². The summed E-state index contributed by atoms with van der Waals surface area (Å²) in [5, 5.41) is 3.22. The molecule has 1 fully saturated rings. The maximum absolute atomic E-state index is 12.7. The van der Waals surface area contributed by atoms with Crippen LogP contribution in [0.1, 0.15) is 0 Å². The Balaban J connectivity index is 1.72. The average molecular weight is 298 g/mol. The summed E-state index contributed by atoms with van der Waals surface area (Å²) >= 11 is 1.79. The van der Waals surface area contributed by atoms with Gasteiger partial charge in [0.25, 0.3) is 0 Å². The molecule has 0 bridgehead atoms. The molecule has 0 saturated carbocycles. The molecule has 6 heteroatoms. The second-order valence-corrected chi connectivity index (χ2v) is 5.79. The van der Waals surface area contributed by atoms with Crippen LogP contribution in [-0.2, 0) is 4.79 Å². The van der Waals surface area contributed by atoms with Crippen LogP contribution in [0.5, 0.6) is 5.75 Å². The van der Waals surface area contributed by atoms with Gasteiger partial charge in [0.1, 0.15) is 18.2 Å². The SMILES string of the molecule is CN(CCOc1ccc(F)cc1)C(=O)C1CSCCN1. The van der Waals surface area contributed by atoms with Crippen LogP contribution in [0, 0.1) is 5.82 Å². The second-order valence-electron chi connectivity index (χ2n) is 4.64. The number of likely N-dealkylation sites (N-methyl/N-ethyl adjacent to an activating group) is 1. The third-order valence-corrected chi connectivity index (χ3v) is 4.17. The number of halogens is 1. The minimum absolute atomic E-state index is 0.0930. The zero-order valence-electron chi connectivity index (χ0n) is 11.5. The van der Waals surface area contributed by atoms with Gasteiger partial charge < -0.3 is 15.0 Å². The van der Waals surface area contributed by atoms with Crippen LogP contribution < -0.4 is 10.1 Å². The van der Waals surface area contributed by atoms with Crippen molar-refractivity contribution in [1.82, 2.24) is 10.2 Å². The van der Waals surface area contributed by atoms with E-state index in [2.05, 4.69) is 5.32 Å². The predicted octanol–water partition coefficient (Wildman–Crippen LogP) is 1.37. The highest BCUT2D eigenvalue weighted by Crippen LogP contribution is 2.12. The van der Waals surface area contributed by atoms with Crippen LogP contribution in [0.3, 0.4) is 0 Å². The molecule has 0 aliphatic carbocycles. The Morgan fingerprint density at radius 3 is 2.90 bits per heavy atom. The molecule has 1 amide bonds. The van der Waals surface area contributed by atoms with Crippen LogP contribution in [0.4, 0.5) is 4.39 Å². The Morgan fingerprint density at radius 2 is 2.25 bits per heavy atom. The number of carbonyl (C=O) groups excluding carboxylic acids is 1. The fourth-order valence-electron chi connectivity index (χ4n) is 1.93. The van der Waals surface area contributed by atoms with Crippen LogP contribution in [-0.4, -0.2) is 55.1 Å². The number of benzene rings is 1. The summed E-state index contributed by atoms with van der Waals surface area (Å²) in [5.41, 5.74) is 0. The Hall–Kier alpha value is -1.27. The second kappa shape index (κ2) is 7.50. The maximum atomic E-state index is 12.7. The lowest BCUT2D eigenvalue weighted by Gasteiger charge is -2.27. The molecule has 1 aliphatic heterocycles. The van der Waals surface area contributed by atoms with Gasteiger partial charge >= 0.3 is 0 Å². The van der Waals surface area contributed by atoms with E-state index in [0.29, 0.717) is 18.9 Å². The maximum Gasteiger partial charge on any atom is 0.240 e. The highest BCUT2D eigenvalue weighted by molar-refractivity contribution is 7.99. The van der Waals surface area contributed by atoms with E-state index >= 15 is 0 Å². The average Bonchev–Trinajstić information content (AvgIpc) is 2.49. The van der Waals surface area contributed by atoms with Gasteiger partial charge in [-0.2, -0.15) is 11.8 Å². The van der Waals surface area contributed by atoms with Gasteiger partial charge in [0.2, 0.25) is 5.91 Å². The van der Waals surface area contributed by atoms with Gasteiger partial charge in [0.15, 0.2) is 0 Å². The van der Waals surface area contributed by atoms with Crippen molar-refractivity contribution in [3.05, 3.63) is 30.1 Å². The summed E-state index contributed by atoms with van der Waals surface area (Å²) in [4.78, 5) is 13.8.